The van der Waals surface area contributed by atoms with Gasteiger partial charge in [-0.2, -0.15) is 5.10 Å². The number of likely N-dealkylation sites (N-methyl/N-ethyl adjacent to an activating group) is 1. The first-order valence-electron chi connectivity index (χ1n) is 6.36. The van der Waals surface area contributed by atoms with Crippen LogP contribution in [0.1, 0.15) is 17.4 Å². The van der Waals surface area contributed by atoms with E-state index in [1.807, 2.05) is 37.3 Å². The van der Waals surface area contributed by atoms with Gasteiger partial charge in [0, 0.05) is 12.1 Å². The number of nitrogens with one attached hydrogen (secondary N) is 3. The first kappa shape index (κ1) is 13.8. The molecule has 6 nitrogen and oxygen atoms in total. The highest BCUT2D eigenvalue weighted by Crippen LogP contribution is 2.16. The fourth-order valence-electron chi connectivity index (χ4n) is 1.71. The van der Waals surface area contributed by atoms with E-state index in [1.165, 1.54) is 0 Å². The summed E-state index contributed by atoms with van der Waals surface area (Å²) in [6, 6.07) is 11.2. The molecule has 0 bridgehead atoms. The molecule has 0 aliphatic carbocycles. The normalized spacial score (nSPS) is 10.1. The van der Waals surface area contributed by atoms with Crippen LogP contribution in [0.4, 0.5) is 0 Å². The Hall–Kier alpha value is -2.63. The molecule has 0 spiro atoms. The number of hydrogen-bond donors (Lipinski definition) is 3. The lowest BCUT2D eigenvalue weighted by molar-refractivity contribution is -0.120. The molecule has 2 rings (SSSR count). The summed E-state index contributed by atoms with van der Waals surface area (Å²) in [5.41, 5.74) is 1.94. The third-order valence-corrected chi connectivity index (χ3v) is 2.68. The molecule has 0 atom stereocenters. The van der Waals surface area contributed by atoms with Gasteiger partial charge in [0.2, 0.25) is 5.91 Å². The molecule has 0 radical (unpaired) electrons. The Labute approximate surface area is 116 Å². The largest absolute Gasteiger partial charge is 0.355 e. The van der Waals surface area contributed by atoms with Gasteiger partial charge in [0.25, 0.3) is 5.91 Å². The van der Waals surface area contributed by atoms with Crippen molar-refractivity contribution in [3.05, 3.63) is 42.1 Å². The number of rotatable bonds is 5. The van der Waals surface area contributed by atoms with E-state index >= 15 is 0 Å². The van der Waals surface area contributed by atoms with Crippen LogP contribution < -0.4 is 10.6 Å². The first-order valence-corrected chi connectivity index (χ1v) is 6.36. The maximum absolute atomic E-state index is 11.8. The predicted molar refractivity (Wildman–Crippen MR) is 75.0 cm³/mol. The smallest absolute Gasteiger partial charge is 0.269 e. The zero-order valence-electron chi connectivity index (χ0n) is 11.1. The number of benzene rings is 1. The Morgan fingerprint density at radius 2 is 1.95 bits per heavy atom. The van der Waals surface area contributed by atoms with E-state index in [0.29, 0.717) is 17.9 Å². The lowest BCUT2D eigenvalue weighted by Gasteiger charge is -2.03. The van der Waals surface area contributed by atoms with Crippen LogP contribution >= 0.6 is 0 Å². The van der Waals surface area contributed by atoms with Crippen molar-refractivity contribution in [3.63, 3.8) is 0 Å². The van der Waals surface area contributed by atoms with Crippen LogP contribution in [0.3, 0.4) is 0 Å². The molecule has 0 fully saturated rings. The first-order chi connectivity index (χ1) is 9.70. The number of H-pyrrole nitrogens is 1. The number of hydrogen-bond acceptors (Lipinski definition) is 3. The number of aromatic amines is 1. The van der Waals surface area contributed by atoms with E-state index in [9.17, 15) is 9.59 Å². The lowest BCUT2D eigenvalue weighted by Crippen LogP contribution is -2.36. The third-order valence-electron chi connectivity index (χ3n) is 2.68. The average Bonchev–Trinajstić information content (AvgIpc) is 2.96. The minimum atomic E-state index is -0.356. The second-order valence-corrected chi connectivity index (χ2v) is 4.17. The quantitative estimate of drug-likeness (QED) is 0.757. The highest BCUT2D eigenvalue weighted by molar-refractivity contribution is 5.95. The Kier molecular flexibility index (Phi) is 4.49. The van der Waals surface area contributed by atoms with Crippen molar-refractivity contribution in [1.29, 1.82) is 0 Å². The van der Waals surface area contributed by atoms with Crippen molar-refractivity contribution in [2.24, 2.45) is 0 Å². The van der Waals surface area contributed by atoms with Gasteiger partial charge in [-0.1, -0.05) is 30.3 Å². The summed E-state index contributed by atoms with van der Waals surface area (Å²) in [5, 5.41) is 11.9. The van der Waals surface area contributed by atoms with Gasteiger partial charge in [0.05, 0.1) is 12.2 Å². The van der Waals surface area contributed by atoms with Crippen LogP contribution in [0.2, 0.25) is 0 Å². The SMILES string of the molecule is CCNC(=O)CNC(=O)c1cc(-c2ccccc2)n[nH]1. The summed E-state index contributed by atoms with van der Waals surface area (Å²) in [5.74, 6) is -0.574. The molecule has 1 aromatic carbocycles. The summed E-state index contributed by atoms with van der Waals surface area (Å²) < 4.78 is 0. The zero-order chi connectivity index (χ0) is 14.4. The average molecular weight is 272 g/mol. The van der Waals surface area contributed by atoms with Crippen LogP contribution in [-0.4, -0.2) is 35.1 Å². The van der Waals surface area contributed by atoms with Gasteiger partial charge in [-0.05, 0) is 13.0 Å². The van der Waals surface area contributed by atoms with Gasteiger partial charge in [0.15, 0.2) is 0 Å². The molecule has 0 saturated carbocycles. The van der Waals surface area contributed by atoms with Crippen molar-refractivity contribution >= 4 is 11.8 Å². The molecule has 0 saturated heterocycles. The Balaban J connectivity index is 1.98. The van der Waals surface area contributed by atoms with E-state index in [2.05, 4.69) is 20.8 Å². The minimum Gasteiger partial charge on any atom is -0.355 e. The molecule has 6 heteroatoms. The van der Waals surface area contributed by atoms with Crippen LogP contribution in [0.5, 0.6) is 0 Å². The Morgan fingerprint density at radius 3 is 2.65 bits per heavy atom. The van der Waals surface area contributed by atoms with E-state index in [0.717, 1.165) is 5.56 Å². The molecule has 0 aliphatic heterocycles. The van der Waals surface area contributed by atoms with Crippen LogP contribution in [0.15, 0.2) is 36.4 Å². The summed E-state index contributed by atoms with van der Waals surface area (Å²) >= 11 is 0. The number of nitrogens with zero attached hydrogens (tertiary/aromatic N) is 1. The van der Waals surface area contributed by atoms with Crippen LogP contribution in [0, 0.1) is 0 Å². The maximum Gasteiger partial charge on any atom is 0.269 e. The number of carbonyl (C=O) groups excluding carboxylic acids is 2. The van der Waals surface area contributed by atoms with Crippen molar-refractivity contribution < 1.29 is 9.59 Å². The summed E-state index contributed by atoms with van der Waals surface area (Å²) in [4.78, 5) is 23.1. The topological polar surface area (TPSA) is 86.9 Å². The van der Waals surface area contributed by atoms with Crippen molar-refractivity contribution in [2.75, 3.05) is 13.1 Å². The lowest BCUT2D eigenvalue weighted by atomic mass is 10.1. The maximum atomic E-state index is 11.8. The van der Waals surface area contributed by atoms with Gasteiger partial charge in [-0.3, -0.25) is 14.7 Å². The monoisotopic (exact) mass is 272 g/mol. The zero-order valence-corrected chi connectivity index (χ0v) is 11.1. The molecule has 2 aromatic rings. The summed E-state index contributed by atoms with van der Waals surface area (Å²) in [7, 11) is 0. The molecule has 20 heavy (non-hydrogen) atoms. The fourth-order valence-corrected chi connectivity index (χ4v) is 1.71. The van der Waals surface area contributed by atoms with Gasteiger partial charge in [-0.25, -0.2) is 0 Å². The summed E-state index contributed by atoms with van der Waals surface area (Å²) in [6.07, 6.45) is 0. The van der Waals surface area contributed by atoms with Crippen molar-refractivity contribution in [1.82, 2.24) is 20.8 Å². The van der Waals surface area contributed by atoms with Crippen molar-refractivity contribution in [3.8, 4) is 11.3 Å². The second kappa shape index (κ2) is 6.51. The van der Waals surface area contributed by atoms with Crippen molar-refractivity contribution in [2.45, 2.75) is 6.92 Å². The number of carbonyl (C=O) groups is 2. The van der Waals surface area contributed by atoms with Crippen LogP contribution in [-0.2, 0) is 4.79 Å². The van der Waals surface area contributed by atoms with Gasteiger partial charge >= 0.3 is 0 Å². The second-order valence-electron chi connectivity index (χ2n) is 4.17. The highest BCUT2D eigenvalue weighted by Gasteiger charge is 2.11. The molecule has 0 unspecified atom stereocenters. The standard InChI is InChI=1S/C14H16N4O2/c1-2-15-13(19)9-16-14(20)12-8-11(17-18-12)10-6-4-3-5-7-10/h3-8H,2,9H2,1H3,(H,15,19)(H,16,20)(H,17,18). The number of amides is 2. The highest BCUT2D eigenvalue weighted by atomic mass is 16.2. The third kappa shape index (κ3) is 3.44. The summed E-state index contributed by atoms with van der Waals surface area (Å²) in [6.45, 7) is 2.31. The minimum absolute atomic E-state index is 0.0492. The van der Waals surface area contributed by atoms with Gasteiger partial charge in [0.1, 0.15) is 5.69 Å². The molecule has 1 aromatic heterocycles. The van der Waals surface area contributed by atoms with Gasteiger partial charge < -0.3 is 10.6 Å². The predicted octanol–water partition coefficient (Wildman–Crippen LogP) is 0.943. The van der Waals surface area contributed by atoms with Crippen LogP contribution in [0.25, 0.3) is 11.3 Å². The Bertz CT molecular complexity index is 592. The molecule has 104 valence electrons. The van der Waals surface area contributed by atoms with E-state index in [-0.39, 0.29) is 18.4 Å². The van der Waals surface area contributed by atoms with E-state index in [4.69, 9.17) is 0 Å². The molecule has 1 heterocycles. The molecule has 0 aliphatic rings. The van der Waals surface area contributed by atoms with E-state index in [1.54, 1.807) is 6.07 Å². The molecular formula is C14H16N4O2. The molecular weight excluding hydrogens is 256 g/mol. The number of aromatic nitrogens is 2. The molecule has 3 N–H and O–H groups in total. The Morgan fingerprint density at radius 1 is 1.20 bits per heavy atom. The van der Waals surface area contributed by atoms with E-state index < -0.39 is 0 Å². The van der Waals surface area contributed by atoms with Gasteiger partial charge in [-0.15, -0.1) is 0 Å². The molecule has 2 amide bonds. The fraction of sp³-hybridized carbons (Fsp3) is 0.214.